The van der Waals surface area contributed by atoms with Crippen LogP contribution in [0, 0.1) is 0 Å². The summed E-state index contributed by atoms with van der Waals surface area (Å²) in [6.07, 6.45) is 0. The van der Waals surface area contributed by atoms with E-state index in [0.717, 1.165) is 0 Å². The van der Waals surface area contributed by atoms with Crippen molar-refractivity contribution in [1.82, 2.24) is 0 Å². The van der Waals surface area contributed by atoms with E-state index in [2.05, 4.69) is 10.1 Å². The number of nitrogens with one attached hydrogen (secondary N) is 1. The summed E-state index contributed by atoms with van der Waals surface area (Å²) in [5.74, 6) is -1.24. The van der Waals surface area contributed by atoms with Gasteiger partial charge in [-0.05, 0) is 36.4 Å². The fourth-order valence-electron chi connectivity index (χ4n) is 2.16. The number of rotatable bonds is 7. The van der Waals surface area contributed by atoms with Crippen molar-refractivity contribution in [2.45, 2.75) is 0 Å². The number of hydrogen-bond acceptors (Lipinski definition) is 6. The molecule has 0 aromatic heterocycles. The molecule has 0 aliphatic carbocycles. The molecule has 26 heavy (non-hydrogen) atoms. The van der Waals surface area contributed by atoms with Crippen molar-refractivity contribution in [3.63, 3.8) is 0 Å². The molecule has 0 unspecified atom stereocenters. The van der Waals surface area contributed by atoms with Gasteiger partial charge < -0.3 is 25.3 Å². The summed E-state index contributed by atoms with van der Waals surface area (Å²) >= 11 is 0. The van der Waals surface area contributed by atoms with Crippen LogP contribution in [0.2, 0.25) is 0 Å². The summed E-state index contributed by atoms with van der Waals surface area (Å²) in [6.45, 7) is -0.362. The highest BCUT2D eigenvalue weighted by Gasteiger charge is 2.16. The van der Waals surface area contributed by atoms with Crippen LogP contribution in [0.4, 0.5) is 5.69 Å². The van der Waals surface area contributed by atoms with Gasteiger partial charge in [-0.2, -0.15) is 0 Å². The molecule has 2 rings (SSSR count). The molecule has 0 heterocycles. The summed E-state index contributed by atoms with van der Waals surface area (Å²) in [4.78, 5) is 34.9. The Morgan fingerprint density at radius 2 is 1.73 bits per heavy atom. The lowest BCUT2D eigenvalue weighted by molar-refractivity contribution is -0.118. The molecule has 2 amide bonds. The Morgan fingerprint density at radius 1 is 1.04 bits per heavy atom. The predicted molar refractivity (Wildman–Crippen MR) is 93.4 cm³/mol. The number of benzene rings is 2. The second-order valence-electron chi connectivity index (χ2n) is 5.11. The molecule has 0 saturated heterocycles. The average Bonchev–Trinajstić information content (AvgIpc) is 2.65. The maximum absolute atomic E-state index is 12.1. The minimum absolute atomic E-state index is 0.0960. The average molecular weight is 358 g/mol. The summed E-state index contributed by atoms with van der Waals surface area (Å²) in [5.41, 5.74) is 6.25. The number of nitrogens with two attached hydrogens (primary N) is 1. The van der Waals surface area contributed by atoms with Crippen LogP contribution in [0.15, 0.2) is 42.5 Å². The largest absolute Gasteiger partial charge is 0.493 e. The summed E-state index contributed by atoms with van der Waals surface area (Å²) in [6, 6.07) is 10.8. The third kappa shape index (κ3) is 4.50. The summed E-state index contributed by atoms with van der Waals surface area (Å²) in [7, 11) is 2.70. The van der Waals surface area contributed by atoms with E-state index in [1.165, 1.54) is 32.4 Å². The van der Waals surface area contributed by atoms with Crippen molar-refractivity contribution in [3.05, 3.63) is 53.6 Å². The Balaban J connectivity index is 2.03. The topological polar surface area (TPSA) is 117 Å². The van der Waals surface area contributed by atoms with Gasteiger partial charge in [0.25, 0.3) is 11.8 Å². The van der Waals surface area contributed by atoms with E-state index < -0.39 is 17.8 Å². The Labute approximate surface area is 149 Å². The third-order valence-corrected chi connectivity index (χ3v) is 3.40. The molecule has 2 aromatic rings. The molecule has 0 fully saturated rings. The number of anilines is 1. The number of carbonyl (C=O) groups excluding carboxylic acids is 3. The van der Waals surface area contributed by atoms with Crippen molar-refractivity contribution in [1.29, 1.82) is 0 Å². The highest BCUT2D eigenvalue weighted by Crippen LogP contribution is 2.30. The molecule has 0 spiro atoms. The quantitative estimate of drug-likeness (QED) is 0.726. The van der Waals surface area contributed by atoms with E-state index in [4.69, 9.17) is 15.2 Å². The lowest BCUT2D eigenvalue weighted by Gasteiger charge is -2.13. The molecule has 0 aliphatic heterocycles. The molecular weight excluding hydrogens is 340 g/mol. The van der Waals surface area contributed by atoms with Gasteiger partial charge >= 0.3 is 5.97 Å². The fourth-order valence-corrected chi connectivity index (χ4v) is 2.16. The van der Waals surface area contributed by atoms with Crippen LogP contribution in [0.5, 0.6) is 11.5 Å². The van der Waals surface area contributed by atoms with Crippen molar-refractivity contribution >= 4 is 23.5 Å². The van der Waals surface area contributed by atoms with Gasteiger partial charge in [0.05, 0.1) is 25.3 Å². The van der Waals surface area contributed by atoms with E-state index in [0.29, 0.717) is 11.3 Å². The van der Waals surface area contributed by atoms with Gasteiger partial charge in [-0.1, -0.05) is 6.07 Å². The van der Waals surface area contributed by atoms with Crippen molar-refractivity contribution < 1.29 is 28.6 Å². The second-order valence-corrected chi connectivity index (χ2v) is 5.11. The molecule has 2 aromatic carbocycles. The monoisotopic (exact) mass is 358 g/mol. The van der Waals surface area contributed by atoms with Crippen LogP contribution < -0.4 is 20.5 Å². The van der Waals surface area contributed by atoms with Crippen molar-refractivity contribution in [3.8, 4) is 11.5 Å². The molecular formula is C18H18N2O6. The van der Waals surface area contributed by atoms with Crippen LogP contribution in [-0.4, -0.2) is 38.6 Å². The Kier molecular flexibility index (Phi) is 6.15. The summed E-state index contributed by atoms with van der Waals surface area (Å²) < 4.78 is 15.1. The van der Waals surface area contributed by atoms with E-state index in [-0.39, 0.29) is 23.7 Å². The molecule has 136 valence electrons. The number of hydrogen-bond donors (Lipinski definition) is 2. The van der Waals surface area contributed by atoms with Crippen LogP contribution in [0.1, 0.15) is 20.7 Å². The Hall–Kier alpha value is -3.55. The molecule has 3 N–H and O–H groups in total. The SMILES string of the molecule is COC(=O)c1ccc(NC(=O)COc2c(OC)cccc2C(N)=O)cc1. The zero-order chi connectivity index (χ0) is 19.1. The molecule has 0 saturated carbocycles. The van der Waals surface area contributed by atoms with Gasteiger partial charge in [0, 0.05) is 5.69 Å². The third-order valence-electron chi connectivity index (χ3n) is 3.40. The number of esters is 1. The minimum atomic E-state index is -0.697. The van der Waals surface area contributed by atoms with Crippen LogP contribution >= 0.6 is 0 Å². The van der Waals surface area contributed by atoms with E-state index in [1.807, 2.05) is 0 Å². The normalized spacial score (nSPS) is 9.92. The fraction of sp³-hybridized carbons (Fsp3) is 0.167. The second kappa shape index (κ2) is 8.52. The van der Waals surface area contributed by atoms with Crippen LogP contribution in [0.3, 0.4) is 0 Å². The van der Waals surface area contributed by atoms with E-state index >= 15 is 0 Å². The standard InChI is InChI=1S/C18H18N2O6/c1-24-14-5-3-4-13(17(19)22)16(14)26-10-15(21)20-12-8-6-11(7-9-12)18(23)25-2/h3-9H,10H2,1-2H3,(H2,19,22)(H,20,21). The van der Waals surface area contributed by atoms with Gasteiger partial charge in [0.2, 0.25) is 0 Å². The van der Waals surface area contributed by atoms with Gasteiger partial charge in [0.15, 0.2) is 18.1 Å². The van der Waals surface area contributed by atoms with Crippen LogP contribution in [-0.2, 0) is 9.53 Å². The molecule has 0 radical (unpaired) electrons. The zero-order valence-electron chi connectivity index (χ0n) is 14.3. The number of amides is 2. The van der Waals surface area contributed by atoms with Gasteiger partial charge in [-0.3, -0.25) is 9.59 Å². The number of primary amides is 1. The molecule has 0 aliphatic rings. The lowest BCUT2D eigenvalue weighted by Crippen LogP contribution is -2.22. The summed E-state index contributed by atoms with van der Waals surface area (Å²) in [5, 5.41) is 2.61. The Morgan fingerprint density at radius 3 is 2.31 bits per heavy atom. The Bertz CT molecular complexity index is 817. The number of ether oxygens (including phenoxy) is 3. The first kappa shape index (κ1) is 18.8. The zero-order valence-corrected chi connectivity index (χ0v) is 14.3. The first-order valence-electron chi connectivity index (χ1n) is 7.54. The van der Waals surface area contributed by atoms with Gasteiger partial charge in [-0.15, -0.1) is 0 Å². The molecule has 0 bridgehead atoms. The smallest absolute Gasteiger partial charge is 0.337 e. The maximum Gasteiger partial charge on any atom is 0.337 e. The highest BCUT2D eigenvalue weighted by molar-refractivity contribution is 5.97. The van der Waals surface area contributed by atoms with E-state index in [1.54, 1.807) is 24.3 Å². The predicted octanol–water partition coefficient (Wildman–Crippen LogP) is 1.60. The molecule has 8 heteroatoms. The number of methoxy groups -OCH3 is 2. The van der Waals surface area contributed by atoms with E-state index in [9.17, 15) is 14.4 Å². The van der Waals surface area contributed by atoms with Gasteiger partial charge in [0.1, 0.15) is 0 Å². The molecule has 0 atom stereocenters. The van der Waals surface area contributed by atoms with Gasteiger partial charge in [-0.25, -0.2) is 4.79 Å². The van der Waals surface area contributed by atoms with Crippen molar-refractivity contribution in [2.75, 3.05) is 26.1 Å². The number of carbonyl (C=O) groups is 3. The minimum Gasteiger partial charge on any atom is -0.493 e. The lowest BCUT2D eigenvalue weighted by atomic mass is 10.2. The number of para-hydroxylation sites is 1. The molecule has 8 nitrogen and oxygen atoms in total. The maximum atomic E-state index is 12.1. The highest BCUT2D eigenvalue weighted by atomic mass is 16.5. The van der Waals surface area contributed by atoms with Crippen molar-refractivity contribution in [2.24, 2.45) is 5.73 Å². The van der Waals surface area contributed by atoms with Crippen LogP contribution in [0.25, 0.3) is 0 Å². The first-order chi connectivity index (χ1) is 12.5. The first-order valence-corrected chi connectivity index (χ1v) is 7.54.